The molecule has 0 aliphatic heterocycles. The minimum atomic E-state index is -4.70. The van der Waals surface area contributed by atoms with E-state index in [1.54, 1.807) is 0 Å². The largest absolute Gasteiger partial charge is 0.756 e. The number of ether oxygens (including phenoxy) is 1. The molecule has 0 bridgehead atoms. The Bertz CT molecular complexity index is 1360. The van der Waals surface area contributed by atoms with Gasteiger partial charge in [0.2, 0.25) is 5.91 Å². The first kappa shape index (κ1) is 77.8. The first-order chi connectivity index (χ1) is 38.4. The second kappa shape index (κ2) is 59.9. The van der Waals surface area contributed by atoms with Crippen molar-refractivity contribution >= 4 is 19.7 Å². The number of phosphoric acid groups is 1. The molecule has 0 saturated carbocycles. The molecule has 0 heterocycles. The minimum Gasteiger partial charge on any atom is -0.756 e. The van der Waals surface area contributed by atoms with Gasteiger partial charge in [-0.1, -0.05) is 335 Å². The molecule has 1 N–H and O–H groups in total. The lowest BCUT2D eigenvalue weighted by Gasteiger charge is -2.30. The van der Waals surface area contributed by atoms with Crippen LogP contribution in [0, 0.1) is 0 Å². The third-order valence-corrected chi connectivity index (χ3v) is 17.2. The van der Waals surface area contributed by atoms with Gasteiger partial charge in [-0.3, -0.25) is 14.2 Å². The highest BCUT2D eigenvalue weighted by atomic mass is 31.2. The molecule has 0 aromatic heterocycles. The Balaban J connectivity index is 5.10. The number of carbonyl (C=O) groups excluding carboxylic acids is 2. The second-order valence-corrected chi connectivity index (χ2v) is 26.8. The van der Waals surface area contributed by atoms with Crippen LogP contribution in [0.25, 0.3) is 0 Å². The molecule has 0 aromatic carbocycles. The van der Waals surface area contributed by atoms with E-state index in [2.05, 4.69) is 26.1 Å². The van der Waals surface area contributed by atoms with Gasteiger partial charge in [-0.25, -0.2) is 0 Å². The lowest BCUT2D eigenvalue weighted by Crippen LogP contribution is -2.47. The molecule has 1 amide bonds. The van der Waals surface area contributed by atoms with Crippen LogP contribution in [0.3, 0.4) is 0 Å². The van der Waals surface area contributed by atoms with Crippen molar-refractivity contribution in [2.24, 2.45) is 0 Å². The van der Waals surface area contributed by atoms with Gasteiger partial charge in [0.25, 0.3) is 7.82 Å². The van der Waals surface area contributed by atoms with Gasteiger partial charge in [-0.05, 0) is 31.8 Å². The Morgan fingerprint density at radius 1 is 0.430 bits per heavy atom. The maximum atomic E-state index is 13.6. The summed E-state index contributed by atoms with van der Waals surface area (Å²) in [6, 6.07) is -0.880. The average Bonchev–Trinajstić information content (AvgIpc) is 3.41. The van der Waals surface area contributed by atoms with E-state index < -0.39 is 20.0 Å². The van der Waals surface area contributed by atoms with Gasteiger partial charge in [0.05, 0.1) is 33.8 Å². The van der Waals surface area contributed by atoms with Crippen molar-refractivity contribution in [3.63, 3.8) is 0 Å². The van der Waals surface area contributed by atoms with Crippen LogP contribution in [0.5, 0.6) is 0 Å². The second-order valence-electron chi connectivity index (χ2n) is 25.4. The summed E-state index contributed by atoms with van der Waals surface area (Å²) in [5, 5.41) is 3.05. The average molecular weight is 1140 g/mol. The van der Waals surface area contributed by atoms with Gasteiger partial charge in [0.1, 0.15) is 19.3 Å². The van der Waals surface area contributed by atoms with Gasteiger partial charge < -0.3 is 28.5 Å². The lowest BCUT2D eigenvalue weighted by molar-refractivity contribution is -0.870. The number of quaternary nitrogens is 1. The Morgan fingerprint density at radius 3 is 1.04 bits per heavy atom. The lowest BCUT2D eigenvalue weighted by atomic mass is 10.0. The third-order valence-electron chi connectivity index (χ3n) is 16.2. The molecule has 0 saturated heterocycles. The van der Waals surface area contributed by atoms with E-state index >= 15 is 0 Å². The Morgan fingerprint density at radius 2 is 0.722 bits per heavy atom. The van der Waals surface area contributed by atoms with Gasteiger partial charge in [0.15, 0.2) is 0 Å². The number of esters is 1. The van der Waals surface area contributed by atoms with Crippen LogP contribution in [-0.4, -0.2) is 69.4 Å². The maximum absolute atomic E-state index is 13.6. The number of hydrogen-bond donors (Lipinski definition) is 1. The molecular weight excluding hydrogens is 1000 g/mol. The Kier molecular flexibility index (Phi) is 58.9. The molecule has 79 heavy (non-hydrogen) atoms. The molecule has 9 nitrogen and oxygen atoms in total. The van der Waals surface area contributed by atoms with Crippen molar-refractivity contribution in [3.8, 4) is 0 Å². The van der Waals surface area contributed by atoms with E-state index in [1.807, 2.05) is 33.3 Å². The number of phosphoric ester groups is 1. The van der Waals surface area contributed by atoms with Crippen molar-refractivity contribution < 1.29 is 37.3 Å². The highest BCUT2D eigenvalue weighted by Gasteiger charge is 2.27. The van der Waals surface area contributed by atoms with Crippen LogP contribution >= 0.6 is 7.82 Å². The van der Waals surface area contributed by atoms with Gasteiger partial charge in [-0.15, -0.1) is 0 Å². The van der Waals surface area contributed by atoms with E-state index in [1.165, 1.54) is 276 Å². The predicted molar refractivity (Wildman–Crippen MR) is 340 cm³/mol. The van der Waals surface area contributed by atoms with E-state index in [4.69, 9.17) is 13.8 Å². The molecule has 3 atom stereocenters. The third kappa shape index (κ3) is 61.1. The summed E-state index contributed by atoms with van der Waals surface area (Å²) in [7, 11) is 1.21. The fourth-order valence-corrected chi connectivity index (χ4v) is 11.5. The number of likely N-dealkylation sites (N-methyl/N-ethyl adjacent to an activating group) is 1. The van der Waals surface area contributed by atoms with Gasteiger partial charge in [0, 0.05) is 12.8 Å². The van der Waals surface area contributed by atoms with Crippen LogP contribution in [0.1, 0.15) is 367 Å². The summed E-state index contributed by atoms with van der Waals surface area (Å²) in [5.74, 6) is -0.513. The molecular formula is C69H137N2O7P. The molecule has 0 aliphatic rings. The number of allylic oxidation sites excluding steroid dienone is 1. The number of amides is 1. The quantitative estimate of drug-likeness (QED) is 0.0212. The Hall–Kier alpha value is -1.25. The summed E-state index contributed by atoms with van der Waals surface area (Å²) in [5.41, 5.74) is 0. The van der Waals surface area contributed by atoms with Crippen molar-refractivity contribution in [1.82, 2.24) is 5.32 Å². The molecule has 0 aliphatic carbocycles. The minimum absolute atomic E-state index is 0.0164. The smallest absolute Gasteiger partial charge is 0.306 e. The molecule has 0 spiro atoms. The monoisotopic (exact) mass is 1140 g/mol. The van der Waals surface area contributed by atoms with Crippen LogP contribution in [0.15, 0.2) is 12.2 Å². The zero-order valence-electron chi connectivity index (χ0n) is 53.9. The molecule has 10 heteroatoms. The summed E-state index contributed by atoms with van der Waals surface area (Å²) in [6.07, 6.45) is 70.4. The molecule has 0 fully saturated rings. The normalized spacial score (nSPS) is 13.6. The molecule has 3 unspecified atom stereocenters. The molecule has 0 aromatic rings. The van der Waals surface area contributed by atoms with Gasteiger partial charge >= 0.3 is 5.97 Å². The number of rotatable bonds is 65. The zero-order valence-corrected chi connectivity index (χ0v) is 54.8. The predicted octanol–water partition coefficient (Wildman–Crippen LogP) is 21.3. The highest BCUT2D eigenvalue weighted by Crippen LogP contribution is 2.38. The number of nitrogens with zero attached hydrogens (tertiary/aromatic N) is 1. The maximum Gasteiger partial charge on any atom is 0.306 e. The van der Waals surface area contributed by atoms with E-state index in [0.717, 1.165) is 57.8 Å². The number of hydrogen-bond acceptors (Lipinski definition) is 7. The van der Waals surface area contributed by atoms with Crippen molar-refractivity contribution in [2.75, 3.05) is 40.9 Å². The van der Waals surface area contributed by atoms with Crippen molar-refractivity contribution in [1.29, 1.82) is 0 Å². The van der Waals surface area contributed by atoms with E-state index in [9.17, 15) is 19.0 Å². The first-order valence-corrected chi connectivity index (χ1v) is 36.5. The van der Waals surface area contributed by atoms with E-state index in [0.29, 0.717) is 17.4 Å². The van der Waals surface area contributed by atoms with E-state index in [-0.39, 0.29) is 31.5 Å². The van der Waals surface area contributed by atoms with Crippen molar-refractivity contribution in [2.45, 2.75) is 380 Å². The number of carbonyl (C=O) groups is 2. The number of nitrogens with one attached hydrogen (secondary N) is 1. The first-order valence-electron chi connectivity index (χ1n) is 35.0. The summed E-state index contributed by atoms with van der Waals surface area (Å²) >= 11 is 0. The highest BCUT2D eigenvalue weighted by molar-refractivity contribution is 7.45. The summed E-state index contributed by atoms with van der Waals surface area (Å²) in [6.45, 7) is 6.93. The van der Waals surface area contributed by atoms with Crippen molar-refractivity contribution in [3.05, 3.63) is 12.2 Å². The Labute approximate surface area is 492 Å². The topological polar surface area (TPSA) is 114 Å². The number of unbranched alkanes of at least 4 members (excludes halogenated alkanes) is 49. The summed E-state index contributed by atoms with van der Waals surface area (Å²) in [4.78, 5) is 40.2. The molecule has 470 valence electrons. The van der Waals surface area contributed by atoms with Crippen LogP contribution < -0.4 is 10.2 Å². The summed E-state index contributed by atoms with van der Waals surface area (Å²) < 4.78 is 30.5. The SMILES string of the molecule is CCCCCCCCCCCCC/C=C/C(OC(=O)CCCCCCCCCCCCCCCCCCCCCCC)C(COP(=O)([O-])OCC[N+](C)(C)C)NC(=O)CCCCCCCCCCCCCCCCCCCCC. The molecule has 0 rings (SSSR count). The van der Waals surface area contributed by atoms with Crippen LogP contribution in [0.2, 0.25) is 0 Å². The molecule has 0 radical (unpaired) electrons. The van der Waals surface area contributed by atoms with Crippen LogP contribution in [0.4, 0.5) is 0 Å². The van der Waals surface area contributed by atoms with Crippen LogP contribution in [-0.2, 0) is 27.9 Å². The standard InChI is InChI=1S/C69H137N2O7P/c1-7-10-13-16-19-22-25-28-30-32-34-35-37-39-41-44-47-50-53-56-59-62-69(73)78-67(60-57-54-51-48-45-42-27-24-21-18-15-12-9-3)66(65-77-79(74,75)76-64-63-71(4,5)6)70-68(72)61-58-55-52-49-46-43-40-38-36-33-31-29-26-23-20-17-14-11-8-2/h57,60,66-67H,7-56,58-59,61-65H2,1-6H3,(H-,70,72,74,75)/b60-57+. The fourth-order valence-electron chi connectivity index (χ4n) is 10.8. The van der Waals surface area contributed by atoms with Gasteiger partial charge in [-0.2, -0.15) is 0 Å². The zero-order chi connectivity index (χ0) is 57.9. The fraction of sp³-hybridized carbons (Fsp3) is 0.942.